The van der Waals surface area contributed by atoms with Gasteiger partial charge < -0.3 is 13.8 Å². The maximum absolute atomic E-state index is 15.1. The van der Waals surface area contributed by atoms with E-state index in [-0.39, 0.29) is 0 Å². The van der Waals surface area contributed by atoms with Gasteiger partial charge in [0.25, 0.3) is 0 Å². The lowest BCUT2D eigenvalue weighted by atomic mass is 9.89. The highest BCUT2D eigenvalue weighted by Crippen LogP contribution is 2.58. The molecule has 0 fully saturated rings. The van der Waals surface area contributed by atoms with Crippen molar-refractivity contribution in [3.8, 4) is 45.3 Å². The molecule has 2 heterocycles. The van der Waals surface area contributed by atoms with E-state index in [4.69, 9.17) is 13.8 Å². The van der Waals surface area contributed by atoms with E-state index < -0.39 is 14.7 Å². The van der Waals surface area contributed by atoms with E-state index in [1.54, 1.807) is 0 Å². The molecule has 0 aliphatic carbocycles. The molecule has 53 heavy (non-hydrogen) atoms. The molecule has 268 valence electrons. The van der Waals surface area contributed by atoms with Gasteiger partial charge in [0.1, 0.15) is 23.0 Å². The molecule has 2 unspecified atom stereocenters. The zero-order chi connectivity index (χ0) is 37.7. The van der Waals surface area contributed by atoms with Crippen LogP contribution in [0.1, 0.15) is 55.6 Å². The van der Waals surface area contributed by atoms with Crippen molar-refractivity contribution in [2.24, 2.45) is 0 Å². The second kappa shape index (κ2) is 12.4. The van der Waals surface area contributed by atoms with Crippen LogP contribution in [0.2, 0.25) is 0 Å². The molecule has 0 saturated heterocycles. The van der Waals surface area contributed by atoms with Gasteiger partial charge >= 0.3 is 14.7 Å². The summed E-state index contributed by atoms with van der Waals surface area (Å²) in [4.78, 5) is 0. The van der Waals surface area contributed by atoms with E-state index >= 15 is 9.13 Å². The van der Waals surface area contributed by atoms with Crippen LogP contribution in [-0.2, 0) is 9.13 Å². The molecule has 0 amide bonds. The largest absolute Gasteiger partial charge is 0.457 e. The molecule has 7 heteroatoms. The fourth-order valence-corrected chi connectivity index (χ4v) is 12.7. The molecule has 0 N–H and O–H groups in total. The average Bonchev–Trinajstić information content (AvgIpc) is 3.15. The Morgan fingerprint density at radius 3 is 1.11 bits per heavy atom. The molecule has 2 aliphatic rings. The van der Waals surface area contributed by atoms with Crippen molar-refractivity contribution in [3.05, 3.63) is 141 Å². The SMILES string of the molecule is Cc1ccc2c(c1)P(=O)(c1ccc(Oc3ccc(P4(=O)Oc5c(C)c(C)c(C)c(C)c5-c5ccc(C)cc54)cc3)cc1)Oc1c(C)c(C)c(C)c(C)c1-2. The van der Waals surface area contributed by atoms with E-state index in [2.05, 4.69) is 65.8 Å². The van der Waals surface area contributed by atoms with E-state index in [1.165, 1.54) is 11.1 Å². The van der Waals surface area contributed by atoms with Crippen LogP contribution in [0.25, 0.3) is 22.3 Å². The summed E-state index contributed by atoms with van der Waals surface area (Å²) in [5.41, 5.74) is 15.1. The molecular formula is C46H44O5P2. The van der Waals surface area contributed by atoms with Crippen LogP contribution in [0.5, 0.6) is 23.0 Å². The highest BCUT2D eigenvalue weighted by atomic mass is 31.2. The van der Waals surface area contributed by atoms with Crippen LogP contribution in [0.4, 0.5) is 0 Å². The number of ether oxygens (including phenoxy) is 1. The third-order valence-corrected chi connectivity index (χ3v) is 16.6. The summed E-state index contributed by atoms with van der Waals surface area (Å²) in [5.74, 6) is 2.56. The van der Waals surface area contributed by atoms with Gasteiger partial charge in [0, 0.05) is 22.3 Å². The first kappa shape index (κ1) is 35.2. The Kier molecular flexibility index (Phi) is 8.22. The lowest BCUT2D eigenvalue weighted by Gasteiger charge is -2.33. The third-order valence-electron chi connectivity index (χ3n) is 11.8. The Bertz CT molecular complexity index is 2450. The number of hydrogen-bond donors (Lipinski definition) is 0. The number of hydrogen-bond acceptors (Lipinski definition) is 5. The maximum atomic E-state index is 15.1. The molecule has 5 nitrogen and oxygen atoms in total. The minimum Gasteiger partial charge on any atom is -0.457 e. The first-order valence-electron chi connectivity index (χ1n) is 18.1. The van der Waals surface area contributed by atoms with E-state index in [1.807, 2.05) is 88.4 Å². The second-order valence-electron chi connectivity index (χ2n) is 14.8. The standard InChI is InChI=1S/C46H44O5P2/c1-25-11-21-39-41(23-25)52(47,50-45-33(9)29(5)27(3)31(7)43(39)45)37-17-13-35(14-18-37)49-36-15-19-38(20-16-36)53(48)42-24-26(2)12-22-40(42)44-32(8)28(4)30(6)34(10)46(44)51-53/h11-24H,1-10H3. The van der Waals surface area contributed by atoms with Crippen LogP contribution in [0, 0.1) is 69.2 Å². The van der Waals surface area contributed by atoms with E-state index in [9.17, 15) is 0 Å². The third kappa shape index (κ3) is 5.27. The van der Waals surface area contributed by atoms with Gasteiger partial charge in [-0.15, -0.1) is 0 Å². The quantitative estimate of drug-likeness (QED) is 0.169. The fourth-order valence-electron chi connectivity index (χ4n) is 7.92. The van der Waals surface area contributed by atoms with E-state index in [0.29, 0.717) is 33.6 Å². The summed E-state index contributed by atoms with van der Waals surface area (Å²) in [6.07, 6.45) is 0. The van der Waals surface area contributed by atoms with Gasteiger partial charge in [-0.05, 0) is 174 Å². The number of rotatable bonds is 4. The van der Waals surface area contributed by atoms with Gasteiger partial charge in [0.05, 0.1) is 21.2 Å². The molecule has 0 bridgehead atoms. The first-order valence-corrected chi connectivity index (χ1v) is 21.3. The van der Waals surface area contributed by atoms with Crippen molar-refractivity contribution in [2.75, 3.05) is 0 Å². The average molecular weight is 739 g/mol. The van der Waals surface area contributed by atoms with Crippen molar-refractivity contribution < 1.29 is 22.9 Å². The summed E-state index contributed by atoms with van der Waals surface area (Å²) in [7, 11) is -6.99. The predicted molar refractivity (Wildman–Crippen MR) is 219 cm³/mol. The smallest absolute Gasteiger partial charge is 0.307 e. The zero-order valence-electron chi connectivity index (χ0n) is 32.0. The summed E-state index contributed by atoms with van der Waals surface area (Å²) < 4.78 is 49.7. The predicted octanol–water partition coefficient (Wildman–Crippen LogP) is 11.1. The summed E-state index contributed by atoms with van der Waals surface area (Å²) >= 11 is 0. The number of aryl methyl sites for hydroxylation is 2. The van der Waals surface area contributed by atoms with Gasteiger partial charge in [-0.1, -0.05) is 35.4 Å². The lowest BCUT2D eigenvalue weighted by molar-refractivity contribution is 0.482. The molecule has 6 aromatic carbocycles. The van der Waals surface area contributed by atoms with Gasteiger partial charge in [-0.2, -0.15) is 0 Å². The van der Waals surface area contributed by atoms with Crippen LogP contribution < -0.4 is 35.0 Å². The van der Waals surface area contributed by atoms with Gasteiger partial charge in [0.15, 0.2) is 0 Å². The van der Waals surface area contributed by atoms with Gasteiger partial charge in [-0.25, -0.2) is 0 Å². The van der Waals surface area contributed by atoms with Crippen molar-refractivity contribution in [3.63, 3.8) is 0 Å². The van der Waals surface area contributed by atoms with Crippen LogP contribution in [0.3, 0.4) is 0 Å². The van der Waals surface area contributed by atoms with Crippen molar-refractivity contribution in [1.82, 2.24) is 0 Å². The van der Waals surface area contributed by atoms with Crippen molar-refractivity contribution in [2.45, 2.75) is 69.2 Å². The number of fused-ring (bicyclic) bond motifs is 6. The molecule has 2 atom stereocenters. The van der Waals surface area contributed by atoms with Gasteiger partial charge in [0.2, 0.25) is 0 Å². The maximum Gasteiger partial charge on any atom is 0.307 e. The van der Waals surface area contributed by atoms with Crippen LogP contribution in [0.15, 0.2) is 84.9 Å². The Balaban J connectivity index is 1.11. The summed E-state index contributed by atoms with van der Waals surface area (Å²) in [6, 6.07) is 27.0. The van der Waals surface area contributed by atoms with Crippen molar-refractivity contribution in [1.29, 1.82) is 0 Å². The molecule has 8 rings (SSSR count). The second-order valence-corrected chi connectivity index (χ2v) is 19.4. The molecule has 0 saturated carbocycles. The Hall–Kier alpha value is -4.82. The monoisotopic (exact) mass is 738 g/mol. The van der Waals surface area contributed by atoms with Crippen molar-refractivity contribution >= 4 is 36.0 Å². The van der Waals surface area contributed by atoms with Gasteiger partial charge in [-0.3, -0.25) is 9.13 Å². The molecule has 0 spiro atoms. The van der Waals surface area contributed by atoms with Crippen LogP contribution >= 0.6 is 14.7 Å². The Labute approximate surface area is 312 Å². The van der Waals surface area contributed by atoms with Crippen LogP contribution in [-0.4, -0.2) is 0 Å². The normalized spacial score (nSPS) is 18.2. The first-order chi connectivity index (χ1) is 25.1. The highest BCUT2D eigenvalue weighted by Gasteiger charge is 2.41. The molecule has 0 aromatic heterocycles. The molecular weight excluding hydrogens is 694 g/mol. The molecule has 6 aromatic rings. The minimum atomic E-state index is -3.50. The Morgan fingerprint density at radius 2 is 0.755 bits per heavy atom. The highest BCUT2D eigenvalue weighted by molar-refractivity contribution is 7.75. The molecule has 0 radical (unpaired) electrons. The molecule has 2 aliphatic heterocycles. The lowest BCUT2D eigenvalue weighted by Crippen LogP contribution is -2.26. The zero-order valence-corrected chi connectivity index (χ0v) is 33.8. The Morgan fingerprint density at radius 1 is 0.415 bits per heavy atom. The fraction of sp³-hybridized carbons (Fsp3) is 0.217. The summed E-state index contributed by atoms with van der Waals surface area (Å²) in [5, 5.41) is 2.64. The summed E-state index contributed by atoms with van der Waals surface area (Å²) in [6.45, 7) is 20.8. The van der Waals surface area contributed by atoms with E-state index in [0.717, 1.165) is 77.4 Å². The topological polar surface area (TPSA) is 61.8 Å². The minimum absolute atomic E-state index is 0.584. The number of benzene rings is 6.